The van der Waals surface area contributed by atoms with Crippen LogP contribution in [-0.2, 0) is 6.54 Å². The van der Waals surface area contributed by atoms with Crippen molar-refractivity contribution in [3.8, 4) is 11.5 Å². The second-order valence-electron chi connectivity index (χ2n) is 7.23. The van der Waals surface area contributed by atoms with Gasteiger partial charge in [0.15, 0.2) is 5.82 Å². The maximum absolute atomic E-state index is 12.8. The molecule has 1 aliphatic rings. The summed E-state index contributed by atoms with van der Waals surface area (Å²) < 4.78 is 1.13. The minimum atomic E-state index is -0.103. The number of aryl methyl sites for hydroxylation is 1. The van der Waals surface area contributed by atoms with Gasteiger partial charge in [-0.15, -0.1) is 23.7 Å². The first-order chi connectivity index (χ1) is 13.2. The van der Waals surface area contributed by atoms with Crippen molar-refractivity contribution in [3.63, 3.8) is 0 Å². The van der Waals surface area contributed by atoms with Gasteiger partial charge in [-0.3, -0.25) is 14.7 Å². The highest BCUT2D eigenvalue weighted by atomic mass is 35.5. The number of pyridine rings is 1. The molecule has 0 unspecified atom stereocenters. The molecular weight excluding hydrogens is 392 g/mol. The van der Waals surface area contributed by atoms with Crippen molar-refractivity contribution >= 4 is 44.7 Å². The van der Waals surface area contributed by atoms with Crippen LogP contribution in [0.1, 0.15) is 24.0 Å². The first kappa shape index (κ1) is 19.1. The molecule has 3 aromatic heterocycles. The van der Waals surface area contributed by atoms with Crippen molar-refractivity contribution in [1.29, 1.82) is 0 Å². The zero-order valence-electron chi connectivity index (χ0n) is 15.6. The maximum atomic E-state index is 12.8. The lowest BCUT2D eigenvalue weighted by molar-refractivity contribution is 0.331. The summed E-state index contributed by atoms with van der Waals surface area (Å²) in [6.07, 6.45) is 4.37. The molecule has 7 heteroatoms. The molecule has 0 amide bonds. The molecule has 4 aromatic rings. The number of H-pyrrole nitrogens is 1. The molecule has 144 valence electrons. The molecule has 0 saturated carbocycles. The lowest BCUT2D eigenvalue weighted by Crippen LogP contribution is -2.19. The Morgan fingerprint density at radius 2 is 2.04 bits per heavy atom. The largest absolute Gasteiger partial charge is 0.305 e. The molecule has 1 aliphatic heterocycles. The lowest BCUT2D eigenvalue weighted by atomic mass is 10.1. The van der Waals surface area contributed by atoms with Gasteiger partial charge in [0.25, 0.3) is 5.56 Å². The molecule has 5 rings (SSSR count). The topological polar surface area (TPSA) is 61.9 Å². The van der Waals surface area contributed by atoms with E-state index < -0.39 is 0 Å². The highest BCUT2D eigenvalue weighted by Gasteiger charge is 2.15. The molecule has 4 heterocycles. The molecule has 1 saturated heterocycles. The van der Waals surface area contributed by atoms with E-state index in [0.717, 1.165) is 40.8 Å². The van der Waals surface area contributed by atoms with Crippen LogP contribution >= 0.6 is 23.7 Å². The standard InChI is InChI=1S/C21H20N4OS.ClH/c1-13-8-14(12-25-5-2-3-6-25)9-16-19(13)23-20(24-21(16)26)17-10-15-4-7-27-18(15)11-22-17;/h4,7-11H,2-3,5-6,12H2,1H3,(H,23,24,26);1H. The van der Waals surface area contributed by atoms with Crippen LogP contribution in [0.2, 0.25) is 0 Å². The quantitative estimate of drug-likeness (QED) is 0.537. The molecule has 1 fully saturated rings. The van der Waals surface area contributed by atoms with E-state index in [2.05, 4.69) is 27.0 Å². The van der Waals surface area contributed by atoms with E-state index in [0.29, 0.717) is 16.9 Å². The maximum Gasteiger partial charge on any atom is 0.259 e. The van der Waals surface area contributed by atoms with E-state index in [1.54, 1.807) is 11.3 Å². The van der Waals surface area contributed by atoms with Crippen LogP contribution in [-0.4, -0.2) is 32.9 Å². The average molecular weight is 413 g/mol. The van der Waals surface area contributed by atoms with E-state index >= 15 is 0 Å². The van der Waals surface area contributed by atoms with Crippen molar-refractivity contribution < 1.29 is 0 Å². The number of hydrogen-bond donors (Lipinski definition) is 1. The summed E-state index contributed by atoms with van der Waals surface area (Å²) in [7, 11) is 0. The summed E-state index contributed by atoms with van der Waals surface area (Å²) in [5, 5.41) is 3.81. The summed E-state index contributed by atoms with van der Waals surface area (Å²) >= 11 is 1.65. The highest BCUT2D eigenvalue weighted by molar-refractivity contribution is 7.17. The molecule has 0 aliphatic carbocycles. The fraction of sp³-hybridized carbons (Fsp3) is 0.286. The van der Waals surface area contributed by atoms with Crippen molar-refractivity contribution in [2.75, 3.05) is 13.1 Å². The van der Waals surface area contributed by atoms with Crippen LogP contribution in [0.5, 0.6) is 0 Å². The van der Waals surface area contributed by atoms with Gasteiger partial charge in [-0.1, -0.05) is 6.07 Å². The first-order valence-corrected chi connectivity index (χ1v) is 10.1. The van der Waals surface area contributed by atoms with Crippen molar-refractivity contribution in [2.45, 2.75) is 26.3 Å². The number of aromatic amines is 1. The molecule has 0 atom stereocenters. The summed E-state index contributed by atoms with van der Waals surface area (Å²) in [5.41, 5.74) is 3.56. The predicted octanol–water partition coefficient (Wildman–Crippen LogP) is 4.53. The Labute approximate surface area is 172 Å². The van der Waals surface area contributed by atoms with Crippen molar-refractivity contribution in [3.05, 3.63) is 57.3 Å². The third-order valence-corrected chi connectivity index (χ3v) is 6.12. The first-order valence-electron chi connectivity index (χ1n) is 9.27. The van der Waals surface area contributed by atoms with E-state index in [1.165, 1.54) is 18.4 Å². The number of aromatic nitrogens is 3. The SMILES string of the molecule is Cc1cc(CN2CCCC2)cc2c(=O)[nH]c(-c3cc4ccsc4cn3)nc12.Cl. The summed E-state index contributed by atoms with van der Waals surface area (Å²) in [4.78, 5) is 27.4. The van der Waals surface area contributed by atoms with Crippen molar-refractivity contribution in [2.24, 2.45) is 0 Å². The predicted molar refractivity (Wildman–Crippen MR) is 117 cm³/mol. The third-order valence-electron chi connectivity index (χ3n) is 5.25. The molecule has 5 nitrogen and oxygen atoms in total. The molecule has 0 bridgehead atoms. The summed E-state index contributed by atoms with van der Waals surface area (Å²) in [6.45, 7) is 5.21. The van der Waals surface area contributed by atoms with Gasteiger partial charge in [-0.25, -0.2) is 4.98 Å². The van der Waals surface area contributed by atoms with Gasteiger partial charge in [-0.2, -0.15) is 0 Å². The fourth-order valence-corrected chi connectivity index (χ4v) is 4.64. The summed E-state index contributed by atoms with van der Waals surface area (Å²) in [5.74, 6) is 0.524. The van der Waals surface area contributed by atoms with Crippen LogP contribution in [0.4, 0.5) is 0 Å². The van der Waals surface area contributed by atoms with E-state index in [-0.39, 0.29) is 18.0 Å². The Balaban J connectivity index is 0.00000192. The number of thiophene rings is 1. The molecule has 0 radical (unpaired) electrons. The Bertz CT molecular complexity index is 1210. The molecule has 1 N–H and O–H groups in total. The van der Waals surface area contributed by atoms with Gasteiger partial charge >= 0.3 is 0 Å². The zero-order valence-corrected chi connectivity index (χ0v) is 17.2. The Hall–Kier alpha value is -2.28. The number of rotatable bonds is 3. The summed E-state index contributed by atoms with van der Waals surface area (Å²) in [6, 6.07) is 8.19. The minimum Gasteiger partial charge on any atom is -0.305 e. The number of hydrogen-bond acceptors (Lipinski definition) is 5. The van der Waals surface area contributed by atoms with Gasteiger partial charge in [0.05, 0.1) is 15.6 Å². The zero-order chi connectivity index (χ0) is 18.4. The molecule has 1 aromatic carbocycles. The fourth-order valence-electron chi connectivity index (χ4n) is 3.90. The van der Waals surface area contributed by atoms with Gasteiger partial charge in [0.2, 0.25) is 0 Å². The van der Waals surface area contributed by atoms with E-state index in [4.69, 9.17) is 4.98 Å². The monoisotopic (exact) mass is 412 g/mol. The Kier molecular flexibility index (Phi) is 5.19. The molecule has 28 heavy (non-hydrogen) atoms. The number of nitrogens with zero attached hydrogens (tertiary/aromatic N) is 3. The number of nitrogens with one attached hydrogen (secondary N) is 1. The highest BCUT2D eigenvalue weighted by Crippen LogP contribution is 2.25. The molecular formula is C21H21ClN4OS. The minimum absolute atomic E-state index is 0. The van der Waals surface area contributed by atoms with Crippen LogP contribution in [0.25, 0.3) is 32.5 Å². The third kappa shape index (κ3) is 3.43. The van der Waals surface area contributed by atoms with Gasteiger partial charge < -0.3 is 4.98 Å². The molecule has 0 spiro atoms. The lowest BCUT2D eigenvalue weighted by Gasteiger charge is -2.15. The van der Waals surface area contributed by atoms with E-state index in [9.17, 15) is 4.79 Å². The van der Waals surface area contributed by atoms with E-state index in [1.807, 2.05) is 30.6 Å². The number of likely N-dealkylation sites (tertiary alicyclic amines) is 1. The van der Waals surface area contributed by atoms with Crippen molar-refractivity contribution in [1.82, 2.24) is 19.9 Å². The smallest absolute Gasteiger partial charge is 0.259 e. The number of fused-ring (bicyclic) bond motifs is 2. The Morgan fingerprint density at radius 3 is 2.86 bits per heavy atom. The van der Waals surface area contributed by atoms with Crippen LogP contribution in [0.15, 0.2) is 40.6 Å². The van der Waals surface area contributed by atoms with Gasteiger partial charge in [-0.05, 0) is 72.9 Å². The van der Waals surface area contributed by atoms with Crippen LogP contribution < -0.4 is 5.56 Å². The number of benzene rings is 1. The average Bonchev–Trinajstić information content (AvgIpc) is 3.33. The second kappa shape index (κ2) is 7.62. The number of halogens is 1. The van der Waals surface area contributed by atoms with Gasteiger partial charge in [0, 0.05) is 12.7 Å². The van der Waals surface area contributed by atoms with Crippen LogP contribution in [0.3, 0.4) is 0 Å². The van der Waals surface area contributed by atoms with Gasteiger partial charge in [0.1, 0.15) is 5.69 Å². The second-order valence-corrected chi connectivity index (χ2v) is 8.18. The Morgan fingerprint density at radius 1 is 1.21 bits per heavy atom. The van der Waals surface area contributed by atoms with Crippen LogP contribution in [0, 0.1) is 6.92 Å². The normalized spacial score (nSPS) is 14.6.